The summed E-state index contributed by atoms with van der Waals surface area (Å²) in [6.07, 6.45) is 1.16. The summed E-state index contributed by atoms with van der Waals surface area (Å²) in [6.45, 7) is 7.15. The highest BCUT2D eigenvalue weighted by atomic mass is 15.3. The molecule has 2 heterocycles. The van der Waals surface area contributed by atoms with Crippen LogP contribution < -0.4 is 10.6 Å². The molecule has 72 valence electrons. The van der Waals surface area contributed by atoms with Crippen LogP contribution in [0.4, 0.5) is 11.5 Å². The molecule has 0 saturated carbocycles. The van der Waals surface area contributed by atoms with Crippen molar-refractivity contribution < 1.29 is 0 Å². The highest BCUT2D eigenvalue weighted by Crippen LogP contribution is 2.27. The van der Waals surface area contributed by atoms with E-state index in [1.807, 2.05) is 11.6 Å². The third-order valence-corrected chi connectivity index (χ3v) is 2.37. The minimum absolute atomic E-state index is 0.921. The molecule has 0 fully saturated rings. The van der Waals surface area contributed by atoms with Crippen LogP contribution in [-0.2, 0) is 6.54 Å². The van der Waals surface area contributed by atoms with E-state index in [4.69, 9.17) is 0 Å². The van der Waals surface area contributed by atoms with Crippen LogP contribution in [0.5, 0.6) is 0 Å². The molecule has 0 bridgehead atoms. The van der Waals surface area contributed by atoms with Crippen molar-refractivity contribution in [2.24, 2.45) is 0 Å². The monoisotopic (exact) mass is 180 g/mol. The van der Waals surface area contributed by atoms with Gasteiger partial charge >= 0.3 is 0 Å². The summed E-state index contributed by atoms with van der Waals surface area (Å²) in [7, 11) is 0. The second-order valence-corrected chi connectivity index (χ2v) is 3.33. The third-order valence-electron chi connectivity index (χ3n) is 2.37. The molecule has 2 N–H and O–H groups in total. The summed E-state index contributed by atoms with van der Waals surface area (Å²) >= 11 is 0. The average molecular weight is 180 g/mol. The first-order valence-corrected chi connectivity index (χ1v) is 4.88. The van der Waals surface area contributed by atoms with Gasteiger partial charge in [0.1, 0.15) is 11.5 Å². The molecule has 0 spiro atoms. The SMILES string of the molecule is CCn1nc(C)c2c1NCCCN2. The number of hydrogen-bond donors (Lipinski definition) is 2. The second kappa shape index (κ2) is 3.28. The lowest BCUT2D eigenvalue weighted by Gasteiger charge is -2.05. The predicted octanol–water partition coefficient (Wildman–Crippen LogP) is 1.44. The Morgan fingerprint density at radius 3 is 2.92 bits per heavy atom. The third kappa shape index (κ3) is 1.36. The molecule has 1 aliphatic heterocycles. The van der Waals surface area contributed by atoms with Crippen LogP contribution in [0.1, 0.15) is 19.0 Å². The summed E-state index contributed by atoms with van der Waals surface area (Å²) in [4.78, 5) is 0. The lowest BCUT2D eigenvalue weighted by atomic mass is 10.4. The van der Waals surface area contributed by atoms with Crippen LogP contribution in [0.3, 0.4) is 0 Å². The molecule has 4 heteroatoms. The molecule has 13 heavy (non-hydrogen) atoms. The van der Waals surface area contributed by atoms with Gasteiger partial charge in [0.15, 0.2) is 0 Å². The molecule has 0 unspecified atom stereocenters. The van der Waals surface area contributed by atoms with Crippen molar-refractivity contribution in [2.75, 3.05) is 23.7 Å². The van der Waals surface area contributed by atoms with E-state index in [-0.39, 0.29) is 0 Å². The molecule has 1 aliphatic rings. The van der Waals surface area contributed by atoms with Crippen molar-refractivity contribution in [2.45, 2.75) is 26.8 Å². The topological polar surface area (TPSA) is 41.9 Å². The van der Waals surface area contributed by atoms with Crippen molar-refractivity contribution in [3.05, 3.63) is 5.69 Å². The molecule has 0 aromatic carbocycles. The molecule has 0 aliphatic carbocycles. The van der Waals surface area contributed by atoms with Gasteiger partial charge in [-0.2, -0.15) is 5.10 Å². The Hall–Kier alpha value is -1.19. The van der Waals surface area contributed by atoms with Crippen LogP contribution >= 0.6 is 0 Å². The molecule has 0 amide bonds. The van der Waals surface area contributed by atoms with Crippen LogP contribution in [0, 0.1) is 6.92 Å². The molecular formula is C9H16N4. The van der Waals surface area contributed by atoms with Gasteiger partial charge in [0.05, 0.1) is 5.69 Å². The van der Waals surface area contributed by atoms with Gasteiger partial charge in [-0.25, -0.2) is 4.68 Å². The first kappa shape index (κ1) is 8.41. The normalized spacial score (nSPS) is 15.5. The lowest BCUT2D eigenvalue weighted by Crippen LogP contribution is -2.07. The van der Waals surface area contributed by atoms with Crippen LogP contribution in [0.15, 0.2) is 0 Å². The first-order chi connectivity index (χ1) is 6.33. The lowest BCUT2D eigenvalue weighted by molar-refractivity contribution is 0.657. The molecule has 2 rings (SSSR count). The van der Waals surface area contributed by atoms with E-state index in [2.05, 4.69) is 22.7 Å². The highest BCUT2D eigenvalue weighted by Gasteiger charge is 2.15. The van der Waals surface area contributed by atoms with E-state index in [9.17, 15) is 0 Å². The van der Waals surface area contributed by atoms with Gasteiger partial charge in [-0.3, -0.25) is 0 Å². The van der Waals surface area contributed by atoms with E-state index in [1.54, 1.807) is 0 Å². The zero-order chi connectivity index (χ0) is 9.26. The van der Waals surface area contributed by atoms with Crippen molar-refractivity contribution in [1.29, 1.82) is 0 Å². The quantitative estimate of drug-likeness (QED) is 0.687. The fourth-order valence-corrected chi connectivity index (χ4v) is 1.71. The molecular weight excluding hydrogens is 164 g/mol. The Morgan fingerprint density at radius 1 is 1.38 bits per heavy atom. The number of fused-ring (bicyclic) bond motifs is 1. The summed E-state index contributed by atoms with van der Waals surface area (Å²) in [6, 6.07) is 0. The van der Waals surface area contributed by atoms with Gasteiger partial charge < -0.3 is 10.6 Å². The van der Waals surface area contributed by atoms with Gasteiger partial charge in [0, 0.05) is 19.6 Å². The van der Waals surface area contributed by atoms with E-state index >= 15 is 0 Å². The molecule has 0 atom stereocenters. The average Bonchev–Trinajstić information content (AvgIpc) is 2.38. The maximum absolute atomic E-state index is 4.44. The molecule has 1 aromatic rings. The van der Waals surface area contributed by atoms with Crippen molar-refractivity contribution >= 4 is 11.5 Å². The van der Waals surface area contributed by atoms with Crippen LogP contribution in [-0.4, -0.2) is 22.9 Å². The minimum Gasteiger partial charge on any atom is -0.380 e. The number of rotatable bonds is 1. The maximum atomic E-state index is 4.44. The Bertz CT molecular complexity index is 303. The number of nitrogens with one attached hydrogen (secondary N) is 2. The minimum atomic E-state index is 0.921. The highest BCUT2D eigenvalue weighted by molar-refractivity contribution is 5.68. The zero-order valence-corrected chi connectivity index (χ0v) is 8.22. The van der Waals surface area contributed by atoms with Gasteiger partial charge in [0.25, 0.3) is 0 Å². The standard InChI is InChI=1S/C9H16N4/c1-3-13-9-8(7(2)12-13)10-5-4-6-11-9/h10-11H,3-6H2,1-2H3. The number of anilines is 2. The van der Waals surface area contributed by atoms with Gasteiger partial charge in [-0.1, -0.05) is 0 Å². The number of hydrogen-bond acceptors (Lipinski definition) is 3. The zero-order valence-electron chi connectivity index (χ0n) is 8.22. The number of nitrogens with zero attached hydrogens (tertiary/aromatic N) is 2. The number of aromatic nitrogens is 2. The summed E-state index contributed by atoms with van der Waals surface area (Å²) in [5, 5.41) is 11.2. The Labute approximate surface area is 78.3 Å². The maximum Gasteiger partial charge on any atom is 0.148 e. The van der Waals surface area contributed by atoms with Crippen LogP contribution in [0.25, 0.3) is 0 Å². The summed E-state index contributed by atoms with van der Waals surface area (Å²) < 4.78 is 2.02. The molecule has 0 saturated heterocycles. The van der Waals surface area contributed by atoms with Gasteiger partial charge in [-0.05, 0) is 20.3 Å². The molecule has 1 aromatic heterocycles. The van der Waals surface area contributed by atoms with Gasteiger partial charge in [0.2, 0.25) is 0 Å². The van der Waals surface area contributed by atoms with E-state index in [0.717, 1.165) is 37.6 Å². The Kier molecular flexibility index (Phi) is 2.12. The fraction of sp³-hybridized carbons (Fsp3) is 0.667. The largest absolute Gasteiger partial charge is 0.380 e. The van der Waals surface area contributed by atoms with Crippen LogP contribution in [0.2, 0.25) is 0 Å². The molecule has 4 nitrogen and oxygen atoms in total. The summed E-state index contributed by atoms with van der Waals surface area (Å²) in [5.74, 6) is 1.15. The van der Waals surface area contributed by atoms with E-state index < -0.39 is 0 Å². The Morgan fingerprint density at radius 2 is 2.15 bits per heavy atom. The predicted molar refractivity (Wildman–Crippen MR) is 54.2 cm³/mol. The smallest absolute Gasteiger partial charge is 0.148 e. The Balaban J connectivity index is 2.42. The first-order valence-electron chi connectivity index (χ1n) is 4.88. The molecule has 0 radical (unpaired) electrons. The van der Waals surface area contributed by atoms with Crippen molar-refractivity contribution in [1.82, 2.24) is 9.78 Å². The van der Waals surface area contributed by atoms with Crippen molar-refractivity contribution in [3.8, 4) is 0 Å². The second-order valence-electron chi connectivity index (χ2n) is 3.33. The number of aryl methyl sites for hydroxylation is 2. The summed E-state index contributed by atoms with van der Waals surface area (Å²) in [5.41, 5.74) is 2.27. The van der Waals surface area contributed by atoms with E-state index in [0.29, 0.717) is 0 Å². The van der Waals surface area contributed by atoms with Crippen molar-refractivity contribution in [3.63, 3.8) is 0 Å². The van der Waals surface area contributed by atoms with E-state index in [1.165, 1.54) is 5.69 Å². The van der Waals surface area contributed by atoms with Gasteiger partial charge in [-0.15, -0.1) is 0 Å². The fourth-order valence-electron chi connectivity index (χ4n) is 1.71.